The van der Waals surface area contributed by atoms with E-state index < -0.39 is 12.0 Å². The van der Waals surface area contributed by atoms with E-state index in [-0.39, 0.29) is 6.03 Å². The van der Waals surface area contributed by atoms with Crippen LogP contribution in [0, 0.1) is 0 Å². The first kappa shape index (κ1) is 19.0. The van der Waals surface area contributed by atoms with Crippen LogP contribution < -0.4 is 15.4 Å². The Kier molecular flexibility index (Phi) is 5.81. The minimum Gasteiger partial charge on any atom is -0.488 e. The maximum Gasteiger partial charge on any atom is 0.337 e. The maximum atomic E-state index is 12.2. The summed E-state index contributed by atoms with van der Waals surface area (Å²) in [6, 6.07) is 14.3. The van der Waals surface area contributed by atoms with Gasteiger partial charge < -0.3 is 20.1 Å². The third-order valence-electron chi connectivity index (χ3n) is 4.20. The monoisotopic (exact) mass is 430 g/mol. The number of esters is 1. The van der Waals surface area contributed by atoms with Crippen LogP contribution in [0.1, 0.15) is 24.1 Å². The second kappa shape index (κ2) is 8.26. The number of carbonyl (C=O) groups is 2. The summed E-state index contributed by atoms with van der Waals surface area (Å²) >= 11 is 3.51. The van der Waals surface area contributed by atoms with Crippen LogP contribution in [0.3, 0.4) is 0 Å². The Morgan fingerprint density at radius 1 is 1.19 bits per heavy atom. The number of urea groups is 1. The zero-order chi connectivity index (χ0) is 19.4. The van der Waals surface area contributed by atoms with E-state index in [2.05, 4.69) is 26.6 Å². The number of nitrogens with one attached hydrogen (secondary N) is 2. The van der Waals surface area contributed by atoms with E-state index in [0.717, 1.165) is 15.6 Å². The lowest BCUT2D eigenvalue weighted by Gasteiger charge is -2.28. The fraction of sp³-hybridized carbons (Fsp3) is 0.200. The summed E-state index contributed by atoms with van der Waals surface area (Å²) in [4.78, 5) is 24.1. The van der Waals surface area contributed by atoms with E-state index in [1.54, 1.807) is 13.0 Å². The predicted molar refractivity (Wildman–Crippen MR) is 104 cm³/mol. The molecule has 2 amide bonds. The lowest BCUT2D eigenvalue weighted by molar-refractivity contribution is -0.136. The summed E-state index contributed by atoms with van der Waals surface area (Å²) < 4.78 is 11.4. The average Bonchev–Trinajstić information content (AvgIpc) is 2.66. The molecule has 3 rings (SSSR count). The molecule has 2 aromatic carbocycles. The van der Waals surface area contributed by atoms with Gasteiger partial charge >= 0.3 is 12.0 Å². The van der Waals surface area contributed by atoms with Crippen molar-refractivity contribution in [2.75, 3.05) is 7.11 Å². The molecule has 1 atom stereocenters. The van der Waals surface area contributed by atoms with Gasteiger partial charge in [0.15, 0.2) is 0 Å². The highest BCUT2D eigenvalue weighted by atomic mass is 79.9. The Morgan fingerprint density at radius 2 is 1.93 bits per heavy atom. The zero-order valence-electron chi connectivity index (χ0n) is 14.9. The summed E-state index contributed by atoms with van der Waals surface area (Å²) in [5.41, 5.74) is 2.63. The quantitative estimate of drug-likeness (QED) is 0.706. The average molecular weight is 431 g/mol. The summed E-state index contributed by atoms with van der Waals surface area (Å²) in [6.07, 6.45) is 0. The molecule has 1 aliphatic rings. The lowest BCUT2D eigenvalue weighted by Crippen LogP contribution is -2.45. The summed E-state index contributed by atoms with van der Waals surface area (Å²) in [7, 11) is 1.31. The molecule has 0 saturated heterocycles. The topological polar surface area (TPSA) is 76.7 Å². The van der Waals surface area contributed by atoms with Gasteiger partial charge in [-0.2, -0.15) is 0 Å². The summed E-state index contributed by atoms with van der Waals surface area (Å²) in [6.45, 7) is 2.11. The molecule has 0 spiro atoms. The number of benzene rings is 2. The highest BCUT2D eigenvalue weighted by Gasteiger charge is 2.32. The van der Waals surface area contributed by atoms with Crippen LogP contribution in [0.5, 0.6) is 5.75 Å². The Labute approximate surface area is 165 Å². The molecule has 0 saturated carbocycles. The number of rotatable bonds is 5. The van der Waals surface area contributed by atoms with Crippen molar-refractivity contribution >= 4 is 27.9 Å². The van der Waals surface area contributed by atoms with Crippen molar-refractivity contribution in [3.05, 3.63) is 75.4 Å². The van der Waals surface area contributed by atoms with Gasteiger partial charge in [0.25, 0.3) is 0 Å². The first-order valence-corrected chi connectivity index (χ1v) is 9.11. The van der Waals surface area contributed by atoms with Crippen molar-refractivity contribution in [2.45, 2.75) is 19.6 Å². The van der Waals surface area contributed by atoms with Crippen LogP contribution in [0.15, 0.2) is 64.3 Å². The van der Waals surface area contributed by atoms with E-state index in [0.29, 0.717) is 23.6 Å². The van der Waals surface area contributed by atoms with Crippen LogP contribution in [0.4, 0.5) is 4.79 Å². The molecular weight excluding hydrogens is 412 g/mol. The number of carbonyl (C=O) groups excluding carboxylic acids is 2. The first-order valence-electron chi connectivity index (χ1n) is 8.32. The lowest BCUT2D eigenvalue weighted by atomic mass is 9.95. The SMILES string of the molecule is COC(=O)C1=C(C)NC(=O)N[C@H]1c1ccc(OCc2ccccc2)c(Br)c1. The fourth-order valence-corrected chi connectivity index (χ4v) is 3.38. The summed E-state index contributed by atoms with van der Waals surface area (Å²) in [5, 5.41) is 5.36. The van der Waals surface area contributed by atoms with E-state index in [4.69, 9.17) is 9.47 Å². The molecule has 0 aliphatic carbocycles. The number of allylic oxidation sites excluding steroid dienone is 1. The van der Waals surface area contributed by atoms with Crippen molar-refractivity contribution in [2.24, 2.45) is 0 Å². The van der Waals surface area contributed by atoms with E-state index in [9.17, 15) is 9.59 Å². The van der Waals surface area contributed by atoms with Crippen molar-refractivity contribution in [1.29, 1.82) is 0 Å². The van der Waals surface area contributed by atoms with Crippen molar-refractivity contribution in [1.82, 2.24) is 10.6 Å². The number of halogens is 1. The van der Waals surface area contributed by atoms with E-state index in [1.165, 1.54) is 7.11 Å². The molecule has 1 heterocycles. The van der Waals surface area contributed by atoms with Crippen LogP contribution in [-0.4, -0.2) is 19.1 Å². The van der Waals surface area contributed by atoms with Gasteiger partial charge in [-0.25, -0.2) is 9.59 Å². The Hall–Kier alpha value is -2.80. The van der Waals surface area contributed by atoms with E-state index >= 15 is 0 Å². The van der Waals surface area contributed by atoms with Crippen molar-refractivity contribution in [3.8, 4) is 5.75 Å². The number of methoxy groups -OCH3 is 1. The Morgan fingerprint density at radius 3 is 2.59 bits per heavy atom. The van der Waals surface area contributed by atoms with Gasteiger partial charge in [-0.3, -0.25) is 0 Å². The predicted octanol–water partition coefficient (Wildman–Crippen LogP) is 3.83. The molecule has 0 bridgehead atoms. The second-order valence-electron chi connectivity index (χ2n) is 6.03. The third kappa shape index (κ3) is 4.31. The van der Waals surface area contributed by atoms with Gasteiger partial charge in [0.05, 0.1) is 23.2 Å². The first-order chi connectivity index (χ1) is 13.0. The molecule has 2 aromatic rings. The normalized spacial score (nSPS) is 16.4. The standard InChI is InChI=1S/C20H19BrN2O4/c1-12-17(19(24)26-2)18(23-20(25)22-12)14-8-9-16(15(21)10-14)27-11-13-6-4-3-5-7-13/h3-10,18H,11H2,1-2H3,(H2,22,23,25)/t18-/m0/s1. The summed E-state index contributed by atoms with van der Waals surface area (Å²) in [5.74, 6) is 0.175. The zero-order valence-corrected chi connectivity index (χ0v) is 16.5. The van der Waals surface area contributed by atoms with E-state index in [1.807, 2.05) is 42.5 Å². The minimum absolute atomic E-state index is 0.363. The molecule has 2 N–H and O–H groups in total. The molecule has 0 aromatic heterocycles. The van der Waals surface area contributed by atoms with Gasteiger partial charge in [-0.1, -0.05) is 36.4 Å². The van der Waals surface area contributed by atoms with Crippen LogP contribution in [-0.2, 0) is 16.1 Å². The highest BCUT2D eigenvalue weighted by Crippen LogP contribution is 2.33. The number of ether oxygens (including phenoxy) is 2. The largest absolute Gasteiger partial charge is 0.488 e. The smallest absolute Gasteiger partial charge is 0.337 e. The molecule has 0 radical (unpaired) electrons. The van der Waals surface area contributed by atoms with Crippen LogP contribution in [0.25, 0.3) is 0 Å². The van der Waals surface area contributed by atoms with Gasteiger partial charge in [-0.05, 0) is 46.1 Å². The van der Waals surface area contributed by atoms with Crippen molar-refractivity contribution < 1.29 is 19.1 Å². The minimum atomic E-state index is -0.606. The third-order valence-corrected chi connectivity index (χ3v) is 4.82. The van der Waals surface area contributed by atoms with Gasteiger partial charge in [0, 0.05) is 5.70 Å². The highest BCUT2D eigenvalue weighted by molar-refractivity contribution is 9.10. The second-order valence-corrected chi connectivity index (χ2v) is 6.88. The molecule has 27 heavy (non-hydrogen) atoms. The number of hydrogen-bond donors (Lipinski definition) is 2. The van der Waals surface area contributed by atoms with Crippen LogP contribution in [0.2, 0.25) is 0 Å². The molecule has 0 fully saturated rings. The molecule has 6 nitrogen and oxygen atoms in total. The molecular formula is C20H19BrN2O4. The molecule has 7 heteroatoms. The number of hydrogen-bond acceptors (Lipinski definition) is 4. The Balaban J connectivity index is 1.84. The fourth-order valence-electron chi connectivity index (χ4n) is 2.87. The van der Waals surface area contributed by atoms with Crippen molar-refractivity contribution in [3.63, 3.8) is 0 Å². The Bertz CT molecular complexity index is 896. The molecule has 1 aliphatic heterocycles. The van der Waals surface area contributed by atoms with Gasteiger partial charge in [0.2, 0.25) is 0 Å². The van der Waals surface area contributed by atoms with Gasteiger partial charge in [-0.15, -0.1) is 0 Å². The molecule has 140 valence electrons. The van der Waals surface area contributed by atoms with Crippen LogP contribution >= 0.6 is 15.9 Å². The number of amides is 2. The van der Waals surface area contributed by atoms with Gasteiger partial charge in [0.1, 0.15) is 12.4 Å². The molecule has 0 unspecified atom stereocenters. The maximum absolute atomic E-state index is 12.2.